The maximum absolute atomic E-state index is 11.4. The lowest BCUT2D eigenvalue weighted by Gasteiger charge is -2.03. The smallest absolute Gasteiger partial charge is 0.315 e. The van der Waals surface area contributed by atoms with Gasteiger partial charge in [-0.1, -0.05) is 5.10 Å². The highest BCUT2D eigenvalue weighted by Gasteiger charge is 2.21. The standard InChI is InChI=1S/C11H19N5O3/c1-18-5-4-12-9(17)6-14-11-16-15-10(19-11)7-13-8-2-3-8/h8,13H,2-7H2,1H3,(H,12,17)(H,14,16). The summed E-state index contributed by atoms with van der Waals surface area (Å²) >= 11 is 0. The summed E-state index contributed by atoms with van der Waals surface area (Å²) in [5.74, 6) is 0.377. The molecule has 1 aromatic heterocycles. The van der Waals surface area contributed by atoms with Gasteiger partial charge in [0, 0.05) is 19.7 Å². The van der Waals surface area contributed by atoms with Crippen molar-refractivity contribution in [1.29, 1.82) is 0 Å². The Morgan fingerprint density at radius 1 is 1.47 bits per heavy atom. The van der Waals surface area contributed by atoms with E-state index < -0.39 is 0 Å². The molecule has 3 N–H and O–H groups in total. The maximum atomic E-state index is 11.4. The molecule has 106 valence electrons. The van der Waals surface area contributed by atoms with Crippen LogP contribution < -0.4 is 16.0 Å². The second-order valence-electron chi connectivity index (χ2n) is 4.35. The molecule has 0 aromatic carbocycles. The molecule has 1 aromatic rings. The van der Waals surface area contributed by atoms with Gasteiger partial charge in [0.2, 0.25) is 11.8 Å². The summed E-state index contributed by atoms with van der Waals surface area (Å²) in [7, 11) is 1.58. The van der Waals surface area contributed by atoms with Crippen molar-refractivity contribution in [3.63, 3.8) is 0 Å². The fraction of sp³-hybridized carbons (Fsp3) is 0.727. The van der Waals surface area contributed by atoms with E-state index in [2.05, 4.69) is 26.1 Å². The van der Waals surface area contributed by atoms with Gasteiger partial charge in [-0.2, -0.15) is 0 Å². The van der Waals surface area contributed by atoms with Gasteiger partial charge in [0.1, 0.15) is 0 Å². The predicted octanol–water partition coefficient (Wildman–Crippen LogP) is -0.504. The van der Waals surface area contributed by atoms with Crippen LogP contribution in [0.2, 0.25) is 0 Å². The second-order valence-corrected chi connectivity index (χ2v) is 4.35. The number of aromatic nitrogens is 2. The Kier molecular flexibility index (Phi) is 5.10. The fourth-order valence-corrected chi connectivity index (χ4v) is 1.43. The second kappa shape index (κ2) is 7.05. The van der Waals surface area contributed by atoms with Crippen LogP contribution in [0, 0.1) is 0 Å². The molecule has 0 saturated heterocycles. The van der Waals surface area contributed by atoms with Crippen molar-refractivity contribution < 1.29 is 13.9 Å². The summed E-state index contributed by atoms with van der Waals surface area (Å²) < 4.78 is 10.2. The van der Waals surface area contributed by atoms with Crippen molar-refractivity contribution in [2.24, 2.45) is 0 Å². The molecule has 1 aliphatic rings. The summed E-state index contributed by atoms with van der Waals surface area (Å²) in [5, 5.41) is 16.4. The molecular formula is C11H19N5O3. The number of nitrogens with zero attached hydrogens (tertiary/aromatic N) is 2. The van der Waals surface area contributed by atoms with E-state index in [9.17, 15) is 4.79 Å². The van der Waals surface area contributed by atoms with Crippen LogP contribution in [0.25, 0.3) is 0 Å². The molecule has 0 bridgehead atoms. The van der Waals surface area contributed by atoms with Gasteiger partial charge in [-0.15, -0.1) is 5.10 Å². The largest absolute Gasteiger partial charge is 0.407 e. The highest BCUT2D eigenvalue weighted by atomic mass is 16.5. The number of amides is 1. The minimum atomic E-state index is -0.145. The number of hydrogen-bond acceptors (Lipinski definition) is 7. The molecular weight excluding hydrogens is 250 g/mol. The van der Waals surface area contributed by atoms with Crippen molar-refractivity contribution >= 4 is 11.9 Å². The Morgan fingerprint density at radius 3 is 3.05 bits per heavy atom. The monoisotopic (exact) mass is 269 g/mol. The van der Waals surface area contributed by atoms with Crippen molar-refractivity contribution in [2.45, 2.75) is 25.4 Å². The highest BCUT2D eigenvalue weighted by molar-refractivity contribution is 5.79. The average molecular weight is 269 g/mol. The van der Waals surface area contributed by atoms with Gasteiger partial charge >= 0.3 is 6.01 Å². The Morgan fingerprint density at radius 2 is 2.32 bits per heavy atom. The topological polar surface area (TPSA) is 101 Å². The van der Waals surface area contributed by atoms with Crippen molar-refractivity contribution in [3.05, 3.63) is 5.89 Å². The van der Waals surface area contributed by atoms with Crippen LogP contribution in [0.15, 0.2) is 4.42 Å². The van der Waals surface area contributed by atoms with E-state index in [-0.39, 0.29) is 18.5 Å². The molecule has 0 aliphatic heterocycles. The third-order valence-corrected chi connectivity index (χ3v) is 2.61. The van der Waals surface area contributed by atoms with Gasteiger partial charge < -0.3 is 25.1 Å². The number of nitrogens with one attached hydrogen (secondary N) is 3. The van der Waals surface area contributed by atoms with E-state index in [4.69, 9.17) is 9.15 Å². The Bertz CT molecular complexity index is 405. The lowest BCUT2D eigenvalue weighted by molar-refractivity contribution is -0.119. The summed E-state index contributed by atoms with van der Waals surface area (Å²) in [4.78, 5) is 11.4. The van der Waals surface area contributed by atoms with Gasteiger partial charge in [0.25, 0.3) is 0 Å². The van der Waals surface area contributed by atoms with Gasteiger partial charge in [-0.05, 0) is 12.8 Å². The fourth-order valence-electron chi connectivity index (χ4n) is 1.43. The third kappa shape index (κ3) is 5.23. The van der Waals surface area contributed by atoms with E-state index in [1.807, 2.05) is 0 Å². The molecule has 1 amide bonds. The van der Waals surface area contributed by atoms with E-state index >= 15 is 0 Å². The highest BCUT2D eigenvalue weighted by Crippen LogP contribution is 2.19. The van der Waals surface area contributed by atoms with Crippen molar-refractivity contribution in [1.82, 2.24) is 20.8 Å². The van der Waals surface area contributed by atoms with Gasteiger partial charge in [0.15, 0.2) is 0 Å². The molecule has 8 nitrogen and oxygen atoms in total. The molecule has 8 heteroatoms. The average Bonchev–Trinajstić information content (AvgIpc) is 3.13. The normalized spacial score (nSPS) is 14.4. The number of methoxy groups -OCH3 is 1. The van der Waals surface area contributed by atoms with E-state index in [0.29, 0.717) is 31.6 Å². The lowest BCUT2D eigenvalue weighted by atomic mass is 10.5. The number of carbonyl (C=O) groups is 1. The Hall–Kier alpha value is -1.67. The molecule has 1 heterocycles. The summed E-state index contributed by atoms with van der Waals surface area (Å²) in [6.45, 7) is 1.64. The minimum absolute atomic E-state index is 0.0986. The zero-order chi connectivity index (χ0) is 13.5. The zero-order valence-corrected chi connectivity index (χ0v) is 10.9. The van der Waals surface area contributed by atoms with Crippen LogP contribution in [0.3, 0.4) is 0 Å². The summed E-state index contributed by atoms with van der Waals surface area (Å²) in [6, 6.07) is 0.851. The number of carbonyl (C=O) groups excluding carboxylic acids is 1. The molecule has 19 heavy (non-hydrogen) atoms. The molecule has 2 rings (SSSR count). The first-order valence-electron chi connectivity index (χ1n) is 6.33. The van der Waals surface area contributed by atoms with Crippen LogP contribution in [0.5, 0.6) is 0 Å². The van der Waals surface area contributed by atoms with Crippen molar-refractivity contribution in [2.75, 3.05) is 32.1 Å². The van der Waals surface area contributed by atoms with Crippen LogP contribution in [-0.4, -0.2) is 49.0 Å². The quantitative estimate of drug-likeness (QED) is 0.519. The Balaban J connectivity index is 1.63. The summed E-state index contributed by atoms with van der Waals surface area (Å²) in [6.07, 6.45) is 2.42. The molecule has 0 radical (unpaired) electrons. The molecule has 0 spiro atoms. The molecule has 1 aliphatic carbocycles. The number of ether oxygens (including phenoxy) is 1. The molecule has 1 saturated carbocycles. The van der Waals surface area contributed by atoms with E-state index in [0.717, 1.165) is 0 Å². The van der Waals surface area contributed by atoms with Crippen LogP contribution in [0.4, 0.5) is 6.01 Å². The SMILES string of the molecule is COCCNC(=O)CNc1nnc(CNC2CC2)o1. The third-order valence-electron chi connectivity index (χ3n) is 2.61. The summed E-state index contributed by atoms with van der Waals surface area (Å²) in [5.41, 5.74) is 0. The van der Waals surface area contributed by atoms with Crippen LogP contribution >= 0.6 is 0 Å². The maximum Gasteiger partial charge on any atom is 0.315 e. The Labute approximate surface area is 111 Å². The van der Waals surface area contributed by atoms with Crippen LogP contribution in [0.1, 0.15) is 18.7 Å². The first kappa shape index (κ1) is 13.8. The van der Waals surface area contributed by atoms with Gasteiger partial charge in [-0.25, -0.2) is 0 Å². The van der Waals surface area contributed by atoms with Gasteiger partial charge in [0.05, 0.1) is 19.7 Å². The van der Waals surface area contributed by atoms with E-state index in [1.54, 1.807) is 7.11 Å². The number of rotatable bonds is 9. The van der Waals surface area contributed by atoms with Crippen LogP contribution in [-0.2, 0) is 16.1 Å². The molecule has 0 unspecified atom stereocenters. The van der Waals surface area contributed by atoms with E-state index in [1.165, 1.54) is 12.8 Å². The van der Waals surface area contributed by atoms with Gasteiger partial charge in [-0.3, -0.25) is 4.79 Å². The van der Waals surface area contributed by atoms with Crippen molar-refractivity contribution in [3.8, 4) is 0 Å². The minimum Gasteiger partial charge on any atom is -0.407 e. The number of anilines is 1. The molecule has 1 fully saturated rings. The first-order valence-corrected chi connectivity index (χ1v) is 6.33. The first-order chi connectivity index (χ1) is 9.28. The predicted molar refractivity (Wildman–Crippen MR) is 67.5 cm³/mol. The zero-order valence-electron chi connectivity index (χ0n) is 10.9. The lowest BCUT2D eigenvalue weighted by Crippen LogP contribution is -2.32. The number of hydrogen-bond donors (Lipinski definition) is 3. The molecule has 0 atom stereocenters.